The average Bonchev–Trinajstić information content (AvgIpc) is 3.05. The van der Waals surface area contributed by atoms with E-state index in [0.717, 1.165) is 28.3 Å². The van der Waals surface area contributed by atoms with Gasteiger partial charge in [-0.05, 0) is 43.3 Å². The fraction of sp³-hybridized carbons (Fsp3) is 0.158. The molecule has 0 aliphatic rings. The molecule has 128 valence electrons. The molecule has 1 aromatic heterocycles. The zero-order valence-corrected chi connectivity index (χ0v) is 14.0. The Kier molecular flexibility index (Phi) is 4.70. The Morgan fingerprint density at radius 2 is 1.80 bits per heavy atom. The van der Waals surface area contributed by atoms with Crippen LogP contribution in [-0.2, 0) is 4.79 Å². The van der Waals surface area contributed by atoms with Crippen LogP contribution >= 0.6 is 0 Å². The maximum Gasteiger partial charge on any atom is 0.341 e. The SMILES string of the molecule is COc1ccc(-c2cc(OCC(=O)O)nn2-c2ccc(C)cc2)cc1. The topological polar surface area (TPSA) is 73.6 Å². The Morgan fingerprint density at radius 3 is 2.40 bits per heavy atom. The molecular weight excluding hydrogens is 320 g/mol. The van der Waals surface area contributed by atoms with Crippen molar-refractivity contribution in [2.45, 2.75) is 6.92 Å². The van der Waals surface area contributed by atoms with Crippen LogP contribution in [0.2, 0.25) is 0 Å². The van der Waals surface area contributed by atoms with E-state index in [4.69, 9.17) is 14.6 Å². The summed E-state index contributed by atoms with van der Waals surface area (Å²) in [7, 11) is 1.61. The van der Waals surface area contributed by atoms with Crippen molar-refractivity contribution < 1.29 is 19.4 Å². The normalized spacial score (nSPS) is 10.5. The van der Waals surface area contributed by atoms with Crippen molar-refractivity contribution in [1.29, 1.82) is 0 Å². The molecule has 6 heteroatoms. The van der Waals surface area contributed by atoms with Gasteiger partial charge in [-0.2, -0.15) is 0 Å². The highest BCUT2D eigenvalue weighted by molar-refractivity contribution is 5.69. The van der Waals surface area contributed by atoms with Crippen LogP contribution in [0.25, 0.3) is 16.9 Å². The minimum absolute atomic E-state index is 0.258. The van der Waals surface area contributed by atoms with E-state index in [-0.39, 0.29) is 5.88 Å². The highest BCUT2D eigenvalue weighted by Gasteiger charge is 2.14. The van der Waals surface area contributed by atoms with E-state index in [1.807, 2.05) is 55.5 Å². The zero-order valence-electron chi connectivity index (χ0n) is 14.0. The van der Waals surface area contributed by atoms with Crippen molar-refractivity contribution in [2.24, 2.45) is 0 Å². The van der Waals surface area contributed by atoms with Crippen molar-refractivity contribution in [2.75, 3.05) is 13.7 Å². The van der Waals surface area contributed by atoms with E-state index in [0.29, 0.717) is 0 Å². The molecule has 0 unspecified atom stereocenters. The van der Waals surface area contributed by atoms with Crippen molar-refractivity contribution in [3.05, 3.63) is 60.2 Å². The minimum atomic E-state index is -1.05. The first-order chi connectivity index (χ1) is 12.1. The molecule has 25 heavy (non-hydrogen) atoms. The van der Waals surface area contributed by atoms with Gasteiger partial charge >= 0.3 is 5.97 Å². The van der Waals surface area contributed by atoms with Gasteiger partial charge in [0.2, 0.25) is 5.88 Å². The third-order valence-electron chi connectivity index (χ3n) is 3.69. The summed E-state index contributed by atoms with van der Waals surface area (Å²) in [6.07, 6.45) is 0. The highest BCUT2D eigenvalue weighted by Crippen LogP contribution is 2.28. The fourth-order valence-electron chi connectivity index (χ4n) is 2.42. The maximum atomic E-state index is 10.7. The average molecular weight is 338 g/mol. The third kappa shape index (κ3) is 3.80. The number of benzene rings is 2. The second-order valence-electron chi connectivity index (χ2n) is 5.53. The molecule has 1 N–H and O–H groups in total. The smallest absolute Gasteiger partial charge is 0.341 e. The van der Waals surface area contributed by atoms with Crippen molar-refractivity contribution in [3.63, 3.8) is 0 Å². The summed E-state index contributed by atoms with van der Waals surface area (Å²) in [5.41, 5.74) is 3.72. The van der Waals surface area contributed by atoms with Gasteiger partial charge in [-0.15, -0.1) is 5.10 Å². The van der Waals surface area contributed by atoms with E-state index in [9.17, 15) is 4.79 Å². The summed E-state index contributed by atoms with van der Waals surface area (Å²) >= 11 is 0. The number of methoxy groups -OCH3 is 1. The first kappa shape index (κ1) is 16.6. The summed E-state index contributed by atoms with van der Waals surface area (Å²) in [6, 6.07) is 17.2. The van der Waals surface area contributed by atoms with Crippen LogP contribution in [0.3, 0.4) is 0 Å². The number of hydrogen-bond acceptors (Lipinski definition) is 4. The van der Waals surface area contributed by atoms with Gasteiger partial charge in [0, 0.05) is 11.6 Å². The Balaban J connectivity index is 2.03. The van der Waals surface area contributed by atoms with Crippen LogP contribution in [0, 0.1) is 6.92 Å². The lowest BCUT2D eigenvalue weighted by molar-refractivity contribution is -0.139. The summed E-state index contributed by atoms with van der Waals surface area (Å²) in [5.74, 6) is -0.0304. The third-order valence-corrected chi connectivity index (χ3v) is 3.69. The number of hydrogen-bond donors (Lipinski definition) is 1. The first-order valence-electron chi connectivity index (χ1n) is 7.73. The van der Waals surface area contributed by atoms with E-state index in [1.54, 1.807) is 17.9 Å². The molecule has 0 atom stereocenters. The predicted molar refractivity (Wildman–Crippen MR) is 93.4 cm³/mol. The van der Waals surface area contributed by atoms with Crippen LogP contribution in [0.5, 0.6) is 11.6 Å². The summed E-state index contributed by atoms with van der Waals surface area (Å²) < 4.78 is 12.2. The standard InChI is InChI=1S/C19H18N2O4/c1-13-3-7-15(8-4-13)21-17(11-18(20-21)25-12-19(22)23)14-5-9-16(24-2)10-6-14/h3-11H,12H2,1-2H3,(H,22,23). The van der Waals surface area contributed by atoms with E-state index < -0.39 is 12.6 Å². The van der Waals surface area contributed by atoms with Gasteiger partial charge in [0.25, 0.3) is 0 Å². The van der Waals surface area contributed by atoms with Gasteiger partial charge in [0.1, 0.15) is 5.75 Å². The molecule has 3 aromatic rings. The van der Waals surface area contributed by atoms with E-state index >= 15 is 0 Å². The van der Waals surface area contributed by atoms with Gasteiger partial charge < -0.3 is 14.6 Å². The lowest BCUT2D eigenvalue weighted by atomic mass is 10.1. The summed E-state index contributed by atoms with van der Waals surface area (Å²) in [4.78, 5) is 10.7. The largest absolute Gasteiger partial charge is 0.497 e. The number of aromatic nitrogens is 2. The van der Waals surface area contributed by atoms with E-state index in [2.05, 4.69) is 5.10 Å². The Bertz CT molecular complexity index is 867. The molecule has 6 nitrogen and oxygen atoms in total. The second kappa shape index (κ2) is 7.09. The molecule has 0 radical (unpaired) electrons. The van der Waals surface area contributed by atoms with E-state index in [1.165, 1.54) is 0 Å². The molecular formula is C19H18N2O4. The monoisotopic (exact) mass is 338 g/mol. The van der Waals surface area contributed by atoms with Crippen molar-refractivity contribution >= 4 is 5.97 Å². The van der Waals surface area contributed by atoms with Crippen LogP contribution in [0.15, 0.2) is 54.6 Å². The number of carboxylic acid groups (broad SMARTS) is 1. The molecule has 2 aromatic carbocycles. The maximum absolute atomic E-state index is 10.7. The number of carbonyl (C=O) groups is 1. The number of ether oxygens (including phenoxy) is 2. The number of carboxylic acids is 1. The fourth-order valence-corrected chi connectivity index (χ4v) is 2.42. The molecule has 0 aliphatic heterocycles. The quantitative estimate of drug-likeness (QED) is 0.746. The molecule has 0 saturated heterocycles. The Morgan fingerprint density at radius 1 is 1.12 bits per heavy atom. The molecule has 3 rings (SSSR count). The molecule has 0 amide bonds. The van der Waals surface area contributed by atoms with Gasteiger partial charge in [-0.1, -0.05) is 17.7 Å². The Hall–Kier alpha value is -3.28. The highest BCUT2D eigenvalue weighted by atomic mass is 16.5. The molecule has 0 saturated carbocycles. The molecule has 0 fully saturated rings. The lowest BCUT2D eigenvalue weighted by Crippen LogP contribution is -2.09. The second-order valence-corrected chi connectivity index (χ2v) is 5.53. The van der Waals surface area contributed by atoms with Gasteiger partial charge in [-0.3, -0.25) is 0 Å². The summed E-state index contributed by atoms with van der Waals surface area (Å²) in [5, 5.41) is 13.2. The molecule has 0 spiro atoms. The number of nitrogens with zero attached hydrogens (tertiary/aromatic N) is 2. The van der Waals surface area contributed by atoms with Crippen molar-refractivity contribution in [3.8, 4) is 28.6 Å². The molecule has 0 bridgehead atoms. The van der Waals surface area contributed by atoms with Gasteiger partial charge in [0.05, 0.1) is 18.5 Å². The number of aryl methyl sites for hydroxylation is 1. The minimum Gasteiger partial charge on any atom is -0.497 e. The van der Waals surface area contributed by atoms with Gasteiger partial charge in [0.15, 0.2) is 6.61 Å². The van der Waals surface area contributed by atoms with Crippen LogP contribution < -0.4 is 9.47 Å². The van der Waals surface area contributed by atoms with Crippen LogP contribution in [0.1, 0.15) is 5.56 Å². The number of rotatable bonds is 6. The molecule has 1 heterocycles. The van der Waals surface area contributed by atoms with Crippen LogP contribution in [-0.4, -0.2) is 34.6 Å². The zero-order chi connectivity index (χ0) is 17.8. The van der Waals surface area contributed by atoms with Gasteiger partial charge in [-0.25, -0.2) is 9.48 Å². The lowest BCUT2D eigenvalue weighted by Gasteiger charge is -2.08. The number of aliphatic carboxylic acids is 1. The van der Waals surface area contributed by atoms with Crippen molar-refractivity contribution in [1.82, 2.24) is 9.78 Å². The summed E-state index contributed by atoms with van der Waals surface area (Å²) in [6.45, 7) is 1.58. The predicted octanol–water partition coefficient (Wildman–Crippen LogP) is 3.32. The molecule has 0 aliphatic carbocycles. The van der Waals surface area contributed by atoms with Crippen LogP contribution in [0.4, 0.5) is 0 Å². The first-order valence-corrected chi connectivity index (χ1v) is 7.73. The Labute approximate surface area is 145 Å².